The van der Waals surface area contributed by atoms with Crippen LogP contribution in [0.15, 0.2) is 146 Å². The Bertz CT molecular complexity index is 2700. The maximum Gasteiger partial charge on any atom is 0.254 e. The number of unbranched alkanes of at least 4 members (excludes halogenated alkanes) is 18. The summed E-state index contributed by atoms with van der Waals surface area (Å²) in [4.78, 5) is 99.1. The minimum Gasteiger partial charge on any atom is -0.334 e. The number of hydrogen-bond acceptors (Lipinski definition) is 6. The molecule has 6 amide bonds. The summed E-state index contributed by atoms with van der Waals surface area (Å²) >= 11 is 0. The summed E-state index contributed by atoms with van der Waals surface area (Å²) in [6.45, 7) is 19.1. The van der Waals surface area contributed by atoms with E-state index >= 15 is 0 Å². The van der Waals surface area contributed by atoms with E-state index in [1.807, 2.05) is 175 Å². The van der Waals surface area contributed by atoms with Crippen molar-refractivity contribution in [2.75, 3.05) is 39.3 Å². The first-order chi connectivity index (χ1) is 46.9. The van der Waals surface area contributed by atoms with Gasteiger partial charge in [0.2, 0.25) is 0 Å². The highest BCUT2D eigenvalue weighted by molar-refractivity contribution is 5.97. The van der Waals surface area contributed by atoms with E-state index in [9.17, 15) is 28.8 Å². The van der Waals surface area contributed by atoms with Crippen molar-refractivity contribution in [3.05, 3.63) is 212 Å². The topological polar surface area (TPSA) is 122 Å². The number of rotatable bonds is 30. The van der Waals surface area contributed by atoms with Crippen LogP contribution in [0.2, 0.25) is 0 Å². The van der Waals surface area contributed by atoms with Gasteiger partial charge in [0.25, 0.3) is 35.4 Å². The molecule has 0 saturated carbocycles. The number of amides is 6. The van der Waals surface area contributed by atoms with E-state index in [-0.39, 0.29) is 35.4 Å². The normalized spacial score (nSPS) is 14.3. The van der Waals surface area contributed by atoms with E-state index in [0.29, 0.717) is 112 Å². The lowest BCUT2D eigenvalue weighted by Crippen LogP contribution is -2.33. The average Bonchev–Trinajstić information content (AvgIpc) is 1.04. The van der Waals surface area contributed by atoms with Gasteiger partial charge in [-0.1, -0.05) is 230 Å². The fraction of sp³-hybridized carbons (Fsp3) is 0.500. The smallest absolute Gasteiger partial charge is 0.254 e. The minimum absolute atomic E-state index is 0.0562. The Labute approximate surface area is 577 Å². The van der Waals surface area contributed by atoms with Crippen LogP contribution in [0.5, 0.6) is 0 Å². The first kappa shape index (κ1) is 75.5. The molecule has 12 nitrogen and oxygen atoms in total. The number of benzene rings is 6. The maximum absolute atomic E-state index is 14.6. The molecule has 516 valence electrons. The fourth-order valence-corrected chi connectivity index (χ4v) is 12.8. The molecule has 0 unspecified atom stereocenters. The summed E-state index contributed by atoms with van der Waals surface area (Å²) in [5.41, 5.74) is 9.19. The minimum atomic E-state index is -0.0562. The van der Waals surface area contributed by atoms with Gasteiger partial charge < -0.3 is 29.4 Å². The Kier molecular flexibility index (Phi) is 33.0. The summed E-state index contributed by atoms with van der Waals surface area (Å²) in [5, 5.41) is 0. The van der Waals surface area contributed by atoms with Crippen LogP contribution in [0.1, 0.15) is 291 Å². The van der Waals surface area contributed by atoms with Gasteiger partial charge in [-0.2, -0.15) is 0 Å². The van der Waals surface area contributed by atoms with Gasteiger partial charge in [0.15, 0.2) is 0 Å². The highest BCUT2D eigenvalue weighted by Gasteiger charge is 2.25. The zero-order valence-corrected chi connectivity index (χ0v) is 59.4. The molecular formula is C84H114N6O6. The standard InChI is InChI=1S/C84H114N6O6/c1-7-13-19-25-55-85-61-67-31-45-74(46-32-67)80(92)87(57-27-21-15-9-3)63-69-35-49-76(50-36-69)82(94)89(59-29-23-17-11-5)65-71-39-53-78(54-40-71)84(96)90(60-30-24-18-12-6)66-72-41-51-77(52-42-72)83(95)88(58-28-22-16-10-4)64-70-37-47-75(48-38-70)81(93)86(56-26-20-14-8-2)62-68-33-43-73(44-34-68)79(85)91/h31-54H,7-30,55-66H2,1-6H3. The van der Waals surface area contributed by atoms with Crippen molar-refractivity contribution in [2.24, 2.45) is 0 Å². The molecule has 0 radical (unpaired) electrons. The number of carbonyl (C=O) groups excluding carboxylic acids is 6. The van der Waals surface area contributed by atoms with Crippen LogP contribution in [0.4, 0.5) is 0 Å². The van der Waals surface area contributed by atoms with Crippen molar-refractivity contribution < 1.29 is 28.8 Å². The SMILES string of the molecule is CCCCCCN1Cc2ccc(cc2)C(=O)N(CCCCCC)Cc2ccc(cc2)C(=O)N(CCCCCC)Cc2ccc(cc2)C(=O)N(CCCCCC)Cc2ccc(cc2)C(=O)N(CCCCCC)Cc2ccc(cc2)C(=O)N(CCCCCC)Cc2ccc(cc2)C1=O. The highest BCUT2D eigenvalue weighted by Crippen LogP contribution is 2.24. The van der Waals surface area contributed by atoms with E-state index < -0.39 is 0 Å². The van der Waals surface area contributed by atoms with Gasteiger partial charge in [-0.25, -0.2) is 0 Å². The van der Waals surface area contributed by atoms with E-state index in [4.69, 9.17) is 0 Å². The Hall–Kier alpha value is -7.86. The predicted molar refractivity (Wildman–Crippen MR) is 392 cm³/mol. The number of nitrogens with zero attached hydrogens (tertiary/aromatic N) is 6. The molecule has 0 aliphatic carbocycles. The van der Waals surface area contributed by atoms with Gasteiger partial charge in [0.05, 0.1) is 0 Å². The lowest BCUT2D eigenvalue weighted by Gasteiger charge is -2.26. The zero-order valence-electron chi connectivity index (χ0n) is 59.4. The molecule has 10 heterocycles. The molecule has 6 aromatic carbocycles. The van der Waals surface area contributed by atoms with Crippen LogP contribution >= 0.6 is 0 Å². The molecular weight excluding hydrogens is 1190 g/mol. The lowest BCUT2D eigenvalue weighted by molar-refractivity contribution is 0.0727. The van der Waals surface area contributed by atoms with Gasteiger partial charge in [-0.15, -0.1) is 0 Å². The largest absolute Gasteiger partial charge is 0.334 e. The average molecular weight is 1300 g/mol. The Morgan fingerprint density at radius 1 is 0.188 bits per heavy atom. The third kappa shape index (κ3) is 24.3. The van der Waals surface area contributed by atoms with E-state index in [1.54, 1.807) is 0 Å². The molecule has 6 aromatic rings. The van der Waals surface area contributed by atoms with Crippen molar-refractivity contribution in [2.45, 2.75) is 235 Å². The molecule has 0 spiro atoms. The molecule has 0 atom stereocenters. The second kappa shape index (κ2) is 42.0. The summed E-state index contributed by atoms with van der Waals surface area (Å²) in [6, 6.07) is 46.5. The Morgan fingerprint density at radius 2 is 0.312 bits per heavy atom. The second-order valence-corrected chi connectivity index (χ2v) is 26.9. The molecule has 96 heavy (non-hydrogen) atoms. The third-order valence-corrected chi connectivity index (χ3v) is 18.9. The van der Waals surface area contributed by atoms with E-state index in [0.717, 1.165) is 187 Å². The maximum atomic E-state index is 14.6. The third-order valence-electron chi connectivity index (χ3n) is 18.9. The predicted octanol–water partition coefficient (Wildman–Crippen LogP) is 19.3. The van der Waals surface area contributed by atoms with E-state index in [2.05, 4.69) is 41.5 Å². The molecule has 0 fully saturated rings. The second-order valence-electron chi connectivity index (χ2n) is 26.9. The number of carbonyl (C=O) groups is 6. The summed E-state index contributed by atoms with van der Waals surface area (Å²) in [6.07, 6.45) is 24.5. The molecule has 10 aliphatic rings. The van der Waals surface area contributed by atoms with Crippen LogP contribution in [0.3, 0.4) is 0 Å². The van der Waals surface area contributed by atoms with Crippen molar-refractivity contribution in [1.82, 2.24) is 29.4 Å². The highest BCUT2D eigenvalue weighted by atomic mass is 16.2. The van der Waals surface area contributed by atoms with Crippen molar-refractivity contribution >= 4 is 35.4 Å². The van der Waals surface area contributed by atoms with Gasteiger partial charge >= 0.3 is 0 Å². The van der Waals surface area contributed by atoms with Gasteiger partial charge in [-0.05, 0) is 145 Å². The summed E-state index contributed by atoms with van der Waals surface area (Å²) < 4.78 is 0. The Balaban J connectivity index is 1.22. The molecule has 0 saturated heterocycles. The van der Waals surface area contributed by atoms with Crippen LogP contribution in [0.25, 0.3) is 0 Å². The summed E-state index contributed by atoms with van der Waals surface area (Å²) in [7, 11) is 0. The fourth-order valence-electron chi connectivity index (χ4n) is 12.8. The molecule has 0 N–H and O–H groups in total. The first-order valence-corrected chi connectivity index (χ1v) is 37.2. The molecule has 0 aromatic heterocycles. The van der Waals surface area contributed by atoms with Gasteiger partial charge in [-0.3, -0.25) is 28.8 Å². The van der Waals surface area contributed by atoms with Crippen molar-refractivity contribution in [3.8, 4) is 0 Å². The molecule has 12 bridgehead atoms. The van der Waals surface area contributed by atoms with Crippen LogP contribution < -0.4 is 0 Å². The zero-order chi connectivity index (χ0) is 68.3. The van der Waals surface area contributed by atoms with Gasteiger partial charge in [0, 0.05) is 112 Å². The molecule has 10 aliphatic heterocycles. The Morgan fingerprint density at radius 3 is 0.427 bits per heavy atom. The van der Waals surface area contributed by atoms with Crippen LogP contribution in [-0.2, 0) is 39.3 Å². The van der Waals surface area contributed by atoms with Crippen molar-refractivity contribution in [1.29, 1.82) is 0 Å². The molecule has 16 rings (SSSR count). The first-order valence-electron chi connectivity index (χ1n) is 37.2. The van der Waals surface area contributed by atoms with Crippen LogP contribution in [-0.4, -0.2) is 104 Å². The summed E-state index contributed by atoms with van der Waals surface area (Å²) in [5.74, 6) is -0.337. The van der Waals surface area contributed by atoms with Crippen molar-refractivity contribution in [3.63, 3.8) is 0 Å². The monoisotopic (exact) mass is 1300 g/mol. The van der Waals surface area contributed by atoms with E-state index in [1.165, 1.54) is 0 Å². The van der Waals surface area contributed by atoms with Gasteiger partial charge in [0.1, 0.15) is 0 Å². The number of hydrogen-bond donors (Lipinski definition) is 0. The van der Waals surface area contributed by atoms with Crippen LogP contribution in [0, 0.1) is 0 Å². The quantitative estimate of drug-likeness (QED) is 0.0414. The lowest BCUT2D eigenvalue weighted by atomic mass is 10.1. The molecule has 12 heteroatoms.